The molecule has 0 aliphatic carbocycles. The second kappa shape index (κ2) is 8.92. The highest BCUT2D eigenvalue weighted by atomic mass is 19.1. The highest BCUT2D eigenvalue weighted by molar-refractivity contribution is 5.91. The third-order valence-corrected chi connectivity index (χ3v) is 3.76. The van der Waals surface area contributed by atoms with Crippen LogP contribution in [0.3, 0.4) is 0 Å². The van der Waals surface area contributed by atoms with E-state index in [9.17, 15) is 9.18 Å². The first-order chi connectivity index (χ1) is 12.1. The summed E-state index contributed by atoms with van der Waals surface area (Å²) in [5.74, 6) is 0.979. The van der Waals surface area contributed by atoms with Crippen molar-refractivity contribution < 1.29 is 23.4 Å². The molecule has 2 aromatic rings. The van der Waals surface area contributed by atoms with Gasteiger partial charge in [-0.3, -0.25) is 4.79 Å². The molecule has 0 radical (unpaired) electrons. The SMILES string of the molecule is COc1cc(NC(=O)CCCc2ccccc2F)cc(OC)c1OC. The smallest absolute Gasteiger partial charge is 0.224 e. The summed E-state index contributed by atoms with van der Waals surface area (Å²) in [6, 6.07) is 9.91. The van der Waals surface area contributed by atoms with E-state index in [1.165, 1.54) is 27.4 Å². The van der Waals surface area contributed by atoms with E-state index in [0.717, 1.165) is 0 Å². The van der Waals surface area contributed by atoms with Crippen LogP contribution in [0.5, 0.6) is 17.2 Å². The molecule has 2 aromatic carbocycles. The lowest BCUT2D eigenvalue weighted by Crippen LogP contribution is -2.12. The second-order valence-corrected chi connectivity index (χ2v) is 5.41. The van der Waals surface area contributed by atoms with Crippen LogP contribution < -0.4 is 19.5 Å². The van der Waals surface area contributed by atoms with Gasteiger partial charge in [0.1, 0.15) is 5.82 Å². The zero-order chi connectivity index (χ0) is 18.2. The molecule has 2 rings (SSSR count). The number of carbonyl (C=O) groups excluding carboxylic acids is 1. The second-order valence-electron chi connectivity index (χ2n) is 5.41. The molecule has 0 spiro atoms. The molecule has 0 saturated heterocycles. The van der Waals surface area contributed by atoms with Crippen LogP contribution in [0.2, 0.25) is 0 Å². The standard InChI is InChI=1S/C19H22FNO4/c1-23-16-11-14(12-17(24-2)19(16)25-3)21-18(22)10-6-8-13-7-4-5-9-15(13)20/h4-5,7,9,11-12H,6,8,10H2,1-3H3,(H,21,22). The van der Waals surface area contributed by atoms with E-state index < -0.39 is 0 Å². The monoisotopic (exact) mass is 347 g/mol. The lowest BCUT2D eigenvalue weighted by atomic mass is 10.1. The van der Waals surface area contributed by atoms with Gasteiger partial charge in [-0.25, -0.2) is 4.39 Å². The Morgan fingerprint density at radius 3 is 2.24 bits per heavy atom. The van der Waals surface area contributed by atoms with Gasteiger partial charge in [-0.05, 0) is 24.5 Å². The summed E-state index contributed by atoms with van der Waals surface area (Å²) in [6.07, 6.45) is 1.34. The fourth-order valence-electron chi connectivity index (χ4n) is 2.52. The molecule has 134 valence electrons. The fourth-order valence-corrected chi connectivity index (χ4v) is 2.52. The number of hydrogen-bond donors (Lipinski definition) is 1. The zero-order valence-corrected chi connectivity index (χ0v) is 14.6. The van der Waals surface area contributed by atoms with Gasteiger partial charge in [0.15, 0.2) is 11.5 Å². The van der Waals surface area contributed by atoms with Crippen molar-refractivity contribution in [3.63, 3.8) is 0 Å². The number of hydrogen-bond acceptors (Lipinski definition) is 4. The van der Waals surface area contributed by atoms with Crippen LogP contribution in [-0.2, 0) is 11.2 Å². The van der Waals surface area contributed by atoms with Crippen LogP contribution in [0.4, 0.5) is 10.1 Å². The first kappa shape index (κ1) is 18.6. The number of nitrogens with one attached hydrogen (secondary N) is 1. The maximum Gasteiger partial charge on any atom is 0.224 e. The quantitative estimate of drug-likeness (QED) is 0.789. The molecule has 6 heteroatoms. The summed E-state index contributed by atoms with van der Waals surface area (Å²) in [5.41, 5.74) is 1.16. The predicted molar refractivity (Wildman–Crippen MR) is 94.1 cm³/mol. The molecular formula is C19H22FNO4. The van der Waals surface area contributed by atoms with Gasteiger partial charge in [0.2, 0.25) is 11.7 Å². The Hall–Kier alpha value is -2.76. The molecule has 1 N–H and O–H groups in total. The van der Waals surface area contributed by atoms with E-state index in [1.807, 2.05) is 0 Å². The minimum absolute atomic E-state index is 0.161. The number of carbonyl (C=O) groups is 1. The molecule has 0 fully saturated rings. The van der Waals surface area contributed by atoms with E-state index in [1.54, 1.807) is 30.3 Å². The van der Waals surface area contributed by atoms with Crippen molar-refractivity contribution in [3.05, 3.63) is 47.8 Å². The largest absolute Gasteiger partial charge is 0.493 e. The zero-order valence-electron chi connectivity index (χ0n) is 14.6. The summed E-state index contributed by atoms with van der Waals surface area (Å²) in [5, 5.41) is 2.80. The first-order valence-corrected chi connectivity index (χ1v) is 7.92. The predicted octanol–water partition coefficient (Wildman–Crippen LogP) is 3.81. The van der Waals surface area contributed by atoms with Gasteiger partial charge < -0.3 is 19.5 Å². The molecular weight excluding hydrogens is 325 g/mol. The molecule has 0 bridgehead atoms. The van der Waals surface area contributed by atoms with Crippen LogP contribution in [0.25, 0.3) is 0 Å². The van der Waals surface area contributed by atoms with E-state index in [4.69, 9.17) is 14.2 Å². The lowest BCUT2D eigenvalue weighted by Gasteiger charge is -2.14. The number of halogens is 1. The van der Waals surface area contributed by atoms with Crippen LogP contribution >= 0.6 is 0 Å². The van der Waals surface area contributed by atoms with Crippen LogP contribution in [0, 0.1) is 5.82 Å². The number of benzene rings is 2. The number of anilines is 1. The Kier molecular flexibility index (Phi) is 6.62. The maximum atomic E-state index is 13.6. The van der Waals surface area contributed by atoms with Crippen molar-refractivity contribution in [2.45, 2.75) is 19.3 Å². The molecule has 0 heterocycles. The van der Waals surface area contributed by atoms with Gasteiger partial charge in [-0.1, -0.05) is 18.2 Å². The van der Waals surface area contributed by atoms with E-state index >= 15 is 0 Å². The van der Waals surface area contributed by atoms with Crippen molar-refractivity contribution in [1.29, 1.82) is 0 Å². The molecule has 0 unspecified atom stereocenters. The number of ether oxygens (including phenoxy) is 3. The molecule has 0 atom stereocenters. The highest BCUT2D eigenvalue weighted by Crippen LogP contribution is 2.39. The van der Waals surface area contributed by atoms with Gasteiger partial charge in [-0.2, -0.15) is 0 Å². The minimum Gasteiger partial charge on any atom is -0.493 e. The summed E-state index contributed by atoms with van der Waals surface area (Å²) < 4.78 is 29.3. The third kappa shape index (κ3) is 4.86. The van der Waals surface area contributed by atoms with Gasteiger partial charge >= 0.3 is 0 Å². The Bertz CT molecular complexity index is 708. The number of aryl methyl sites for hydroxylation is 1. The number of rotatable bonds is 8. The topological polar surface area (TPSA) is 56.8 Å². The highest BCUT2D eigenvalue weighted by Gasteiger charge is 2.14. The first-order valence-electron chi connectivity index (χ1n) is 7.92. The third-order valence-electron chi connectivity index (χ3n) is 3.76. The number of amides is 1. The fraction of sp³-hybridized carbons (Fsp3) is 0.316. The summed E-state index contributed by atoms with van der Waals surface area (Å²) >= 11 is 0. The normalized spacial score (nSPS) is 10.2. The Morgan fingerprint density at radius 2 is 1.68 bits per heavy atom. The van der Waals surface area contributed by atoms with Crippen molar-refractivity contribution in [2.24, 2.45) is 0 Å². The van der Waals surface area contributed by atoms with Crippen molar-refractivity contribution in [3.8, 4) is 17.2 Å². The van der Waals surface area contributed by atoms with Crippen molar-refractivity contribution in [2.75, 3.05) is 26.6 Å². The van der Waals surface area contributed by atoms with Crippen molar-refractivity contribution >= 4 is 11.6 Å². The Labute approximate surface area is 146 Å². The van der Waals surface area contributed by atoms with Crippen molar-refractivity contribution in [1.82, 2.24) is 0 Å². The summed E-state index contributed by atoms with van der Waals surface area (Å²) in [4.78, 5) is 12.1. The van der Waals surface area contributed by atoms with Crippen LogP contribution in [-0.4, -0.2) is 27.2 Å². The molecule has 0 aromatic heterocycles. The summed E-state index contributed by atoms with van der Waals surface area (Å²) in [6.45, 7) is 0. The van der Waals surface area contributed by atoms with E-state index in [-0.39, 0.29) is 18.1 Å². The molecule has 0 saturated carbocycles. The Balaban J connectivity index is 1.97. The van der Waals surface area contributed by atoms with Gasteiger partial charge in [0.05, 0.1) is 21.3 Å². The van der Waals surface area contributed by atoms with Gasteiger partial charge in [0.25, 0.3) is 0 Å². The average molecular weight is 347 g/mol. The average Bonchev–Trinajstić information content (AvgIpc) is 2.62. The molecule has 1 amide bonds. The maximum absolute atomic E-state index is 13.6. The summed E-state index contributed by atoms with van der Waals surface area (Å²) in [7, 11) is 4.54. The van der Waals surface area contributed by atoms with Gasteiger partial charge in [0, 0.05) is 24.2 Å². The molecule has 0 aliphatic rings. The van der Waals surface area contributed by atoms with E-state index in [0.29, 0.717) is 41.3 Å². The van der Waals surface area contributed by atoms with Crippen LogP contribution in [0.15, 0.2) is 36.4 Å². The lowest BCUT2D eigenvalue weighted by molar-refractivity contribution is -0.116. The number of methoxy groups -OCH3 is 3. The molecule has 5 nitrogen and oxygen atoms in total. The molecule has 25 heavy (non-hydrogen) atoms. The van der Waals surface area contributed by atoms with E-state index in [2.05, 4.69) is 5.32 Å². The molecule has 0 aliphatic heterocycles. The van der Waals surface area contributed by atoms with Crippen LogP contribution in [0.1, 0.15) is 18.4 Å². The Morgan fingerprint density at radius 1 is 1.04 bits per heavy atom. The minimum atomic E-state index is -0.243. The van der Waals surface area contributed by atoms with Gasteiger partial charge in [-0.15, -0.1) is 0 Å².